The van der Waals surface area contributed by atoms with Gasteiger partial charge in [-0.1, -0.05) is 24.9 Å². The summed E-state index contributed by atoms with van der Waals surface area (Å²) in [5.41, 5.74) is -0.207. The standard InChI is InChI=1S/C25H31ClN2O8/c1-7-8-19(36-17-9-10-18(26)21(13-17)33-6)15(3)34-25(31)14(2)28-24(30)22-23(35-16(4)29)20(32-5)11-12-27-22/h9-15,19H,7-8H2,1-6H3,(H,28,30)/t14-,15-,19+/m0/s1. The minimum Gasteiger partial charge on any atom is -0.495 e. The maximum Gasteiger partial charge on any atom is 0.328 e. The second-order valence-electron chi connectivity index (χ2n) is 7.86. The van der Waals surface area contributed by atoms with Crippen molar-refractivity contribution in [1.29, 1.82) is 0 Å². The Morgan fingerprint density at radius 3 is 2.39 bits per heavy atom. The van der Waals surface area contributed by atoms with Crippen molar-refractivity contribution < 1.29 is 38.1 Å². The average molecular weight is 523 g/mol. The highest BCUT2D eigenvalue weighted by Crippen LogP contribution is 2.31. The van der Waals surface area contributed by atoms with E-state index in [0.29, 0.717) is 22.9 Å². The highest BCUT2D eigenvalue weighted by atomic mass is 35.5. The lowest BCUT2D eigenvalue weighted by Gasteiger charge is -2.26. The Labute approximate surface area is 215 Å². The lowest BCUT2D eigenvalue weighted by Crippen LogP contribution is -2.43. The number of rotatable bonds is 12. The quantitative estimate of drug-likeness (QED) is 0.412. The van der Waals surface area contributed by atoms with Gasteiger partial charge in [0, 0.05) is 25.3 Å². The molecule has 0 unspecified atom stereocenters. The molecule has 196 valence electrons. The minimum absolute atomic E-state index is 0.145. The highest BCUT2D eigenvalue weighted by molar-refractivity contribution is 6.32. The second kappa shape index (κ2) is 13.5. The first-order valence-electron chi connectivity index (χ1n) is 11.3. The summed E-state index contributed by atoms with van der Waals surface area (Å²) >= 11 is 6.08. The van der Waals surface area contributed by atoms with Crippen LogP contribution in [0, 0.1) is 0 Å². The molecule has 0 spiro atoms. The zero-order valence-electron chi connectivity index (χ0n) is 21.1. The number of aromatic nitrogens is 1. The van der Waals surface area contributed by atoms with E-state index in [4.69, 9.17) is 35.3 Å². The minimum atomic E-state index is -1.03. The van der Waals surface area contributed by atoms with Gasteiger partial charge < -0.3 is 29.0 Å². The zero-order chi connectivity index (χ0) is 26.8. The summed E-state index contributed by atoms with van der Waals surface area (Å²) in [6.45, 7) is 6.35. The van der Waals surface area contributed by atoms with Gasteiger partial charge in [0.1, 0.15) is 29.7 Å². The molecule has 11 heteroatoms. The summed E-state index contributed by atoms with van der Waals surface area (Å²) in [5, 5.41) is 2.96. The molecule has 3 atom stereocenters. The number of nitrogens with one attached hydrogen (secondary N) is 1. The molecule has 1 heterocycles. The van der Waals surface area contributed by atoms with E-state index in [1.165, 1.54) is 40.3 Å². The largest absolute Gasteiger partial charge is 0.495 e. The molecule has 1 aromatic heterocycles. The van der Waals surface area contributed by atoms with E-state index in [2.05, 4.69) is 10.3 Å². The molecule has 10 nitrogen and oxygen atoms in total. The molecule has 0 radical (unpaired) electrons. The molecule has 1 N–H and O–H groups in total. The maximum absolute atomic E-state index is 12.8. The number of hydrogen-bond acceptors (Lipinski definition) is 9. The van der Waals surface area contributed by atoms with Crippen molar-refractivity contribution in [2.75, 3.05) is 14.2 Å². The van der Waals surface area contributed by atoms with Crippen LogP contribution >= 0.6 is 11.6 Å². The number of nitrogens with zero attached hydrogens (tertiary/aromatic N) is 1. The molecule has 0 aliphatic heterocycles. The molecule has 0 saturated heterocycles. The Morgan fingerprint density at radius 2 is 1.78 bits per heavy atom. The third-order valence-electron chi connectivity index (χ3n) is 5.06. The van der Waals surface area contributed by atoms with Gasteiger partial charge in [-0.2, -0.15) is 0 Å². The van der Waals surface area contributed by atoms with Gasteiger partial charge in [0.15, 0.2) is 11.4 Å². The van der Waals surface area contributed by atoms with E-state index in [0.717, 1.165) is 6.42 Å². The molecule has 1 aromatic carbocycles. The number of methoxy groups -OCH3 is 2. The third-order valence-corrected chi connectivity index (χ3v) is 5.37. The smallest absolute Gasteiger partial charge is 0.328 e. The number of halogens is 1. The molecular formula is C25H31ClN2O8. The van der Waals surface area contributed by atoms with E-state index in [-0.39, 0.29) is 17.2 Å². The summed E-state index contributed by atoms with van der Waals surface area (Å²) < 4.78 is 27.1. The van der Waals surface area contributed by atoms with Crippen LogP contribution in [0.5, 0.6) is 23.0 Å². The van der Waals surface area contributed by atoms with E-state index in [1.54, 1.807) is 25.1 Å². The average Bonchev–Trinajstić information content (AvgIpc) is 2.84. The summed E-state index contributed by atoms with van der Waals surface area (Å²) in [6.07, 6.45) is 1.63. The van der Waals surface area contributed by atoms with Gasteiger partial charge in [-0.3, -0.25) is 9.59 Å². The van der Waals surface area contributed by atoms with Gasteiger partial charge >= 0.3 is 11.9 Å². The fraction of sp³-hybridized carbons (Fsp3) is 0.440. The van der Waals surface area contributed by atoms with Crippen LogP contribution in [0.1, 0.15) is 51.0 Å². The van der Waals surface area contributed by atoms with Crippen LogP contribution in [0.4, 0.5) is 0 Å². The van der Waals surface area contributed by atoms with Gasteiger partial charge in [0.2, 0.25) is 5.75 Å². The maximum atomic E-state index is 12.8. The van der Waals surface area contributed by atoms with Crippen molar-refractivity contribution in [2.45, 2.75) is 58.8 Å². The molecule has 36 heavy (non-hydrogen) atoms. The molecule has 0 saturated carbocycles. The van der Waals surface area contributed by atoms with E-state index >= 15 is 0 Å². The zero-order valence-corrected chi connectivity index (χ0v) is 21.9. The van der Waals surface area contributed by atoms with Crippen LogP contribution in [0.3, 0.4) is 0 Å². The van der Waals surface area contributed by atoms with E-state index in [1.807, 2.05) is 6.92 Å². The summed E-state index contributed by atoms with van der Waals surface area (Å²) in [7, 11) is 2.87. The van der Waals surface area contributed by atoms with E-state index < -0.39 is 36.1 Å². The highest BCUT2D eigenvalue weighted by Gasteiger charge is 2.28. The molecule has 0 bridgehead atoms. The van der Waals surface area contributed by atoms with Crippen LogP contribution in [-0.2, 0) is 14.3 Å². The van der Waals surface area contributed by atoms with Crippen LogP contribution in [0.2, 0.25) is 5.02 Å². The first-order chi connectivity index (χ1) is 17.1. The first-order valence-corrected chi connectivity index (χ1v) is 11.7. The number of esters is 2. The van der Waals surface area contributed by atoms with Crippen molar-refractivity contribution in [2.24, 2.45) is 0 Å². The predicted octanol–water partition coefficient (Wildman–Crippen LogP) is 3.98. The third kappa shape index (κ3) is 7.74. The lowest BCUT2D eigenvalue weighted by molar-refractivity contribution is -0.154. The molecular weight excluding hydrogens is 492 g/mol. The number of hydrogen-bond donors (Lipinski definition) is 1. The Morgan fingerprint density at radius 1 is 1.08 bits per heavy atom. The number of carbonyl (C=O) groups excluding carboxylic acids is 3. The van der Waals surface area contributed by atoms with Gasteiger partial charge in [0.25, 0.3) is 5.91 Å². The topological polar surface area (TPSA) is 122 Å². The normalized spacial score (nSPS) is 13.1. The summed E-state index contributed by atoms with van der Waals surface area (Å²) in [4.78, 5) is 41.0. The number of carbonyl (C=O) groups is 3. The van der Waals surface area contributed by atoms with Crippen LogP contribution < -0.4 is 24.3 Å². The van der Waals surface area contributed by atoms with Crippen molar-refractivity contribution in [3.8, 4) is 23.0 Å². The fourth-order valence-electron chi connectivity index (χ4n) is 3.24. The molecule has 0 aliphatic carbocycles. The Balaban J connectivity index is 2.09. The van der Waals surface area contributed by atoms with Crippen LogP contribution in [0.15, 0.2) is 30.5 Å². The Bertz CT molecular complexity index is 1080. The lowest BCUT2D eigenvalue weighted by atomic mass is 10.1. The summed E-state index contributed by atoms with van der Waals surface area (Å²) in [5.74, 6) is -1.09. The molecule has 1 amide bonds. The van der Waals surface area contributed by atoms with Crippen molar-refractivity contribution in [1.82, 2.24) is 10.3 Å². The number of ether oxygens (including phenoxy) is 5. The van der Waals surface area contributed by atoms with E-state index in [9.17, 15) is 14.4 Å². The van der Waals surface area contributed by atoms with Crippen molar-refractivity contribution in [3.63, 3.8) is 0 Å². The van der Waals surface area contributed by atoms with Crippen molar-refractivity contribution >= 4 is 29.4 Å². The summed E-state index contributed by atoms with van der Waals surface area (Å²) in [6, 6.07) is 5.43. The SMILES string of the molecule is CCC[C@@H](Oc1ccc(Cl)c(OC)c1)[C@H](C)OC(=O)[C@H](C)NC(=O)c1nccc(OC)c1OC(C)=O. The predicted molar refractivity (Wildman–Crippen MR) is 132 cm³/mol. The van der Waals surface area contributed by atoms with Crippen LogP contribution in [0.25, 0.3) is 0 Å². The number of pyridine rings is 1. The van der Waals surface area contributed by atoms with Gasteiger partial charge in [-0.25, -0.2) is 9.78 Å². The molecule has 0 aliphatic rings. The Kier molecular flexibility index (Phi) is 10.8. The molecule has 2 aromatic rings. The second-order valence-corrected chi connectivity index (χ2v) is 8.27. The van der Waals surface area contributed by atoms with Gasteiger partial charge in [-0.05, 0) is 32.4 Å². The van der Waals surface area contributed by atoms with Gasteiger partial charge in [-0.15, -0.1) is 0 Å². The van der Waals surface area contributed by atoms with Crippen LogP contribution in [-0.4, -0.2) is 55.3 Å². The molecule has 0 fully saturated rings. The van der Waals surface area contributed by atoms with Gasteiger partial charge in [0.05, 0.1) is 19.2 Å². The monoisotopic (exact) mass is 522 g/mol. The Hall–Kier alpha value is -3.53. The number of benzene rings is 1. The number of amides is 1. The molecule has 2 rings (SSSR count). The van der Waals surface area contributed by atoms with Crippen molar-refractivity contribution in [3.05, 3.63) is 41.2 Å². The first kappa shape index (κ1) is 28.7. The fourth-order valence-corrected chi connectivity index (χ4v) is 3.44.